The number of pyridine rings is 1. The number of fused-ring (bicyclic) bond motifs is 1. The van der Waals surface area contributed by atoms with Gasteiger partial charge in [0.05, 0.1) is 40.6 Å². The first-order valence-electron chi connectivity index (χ1n) is 9.73. The van der Waals surface area contributed by atoms with Gasteiger partial charge >= 0.3 is 0 Å². The molecule has 0 fully saturated rings. The number of aliphatic hydroxyl groups is 1. The van der Waals surface area contributed by atoms with Gasteiger partial charge in [0, 0.05) is 12.7 Å². The van der Waals surface area contributed by atoms with Gasteiger partial charge in [-0.1, -0.05) is 32.9 Å². The summed E-state index contributed by atoms with van der Waals surface area (Å²) in [5.74, 6) is 0.0870. The quantitative estimate of drug-likeness (QED) is 0.637. The molecule has 8 heteroatoms. The Morgan fingerprint density at radius 3 is 2.59 bits per heavy atom. The molecule has 1 aliphatic heterocycles. The summed E-state index contributed by atoms with van der Waals surface area (Å²) in [5.41, 5.74) is 3.04. The molecule has 29 heavy (non-hydrogen) atoms. The third kappa shape index (κ3) is 4.49. The van der Waals surface area contributed by atoms with Crippen molar-refractivity contribution < 1.29 is 18.3 Å². The highest BCUT2D eigenvalue weighted by Crippen LogP contribution is 2.29. The van der Waals surface area contributed by atoms with Gasteiger partial charge < -0.3 is 15.7 Å². The first-order valence-corrected chi connectivity index (χ1v) is 11.4. The Kier molecular flexibility index (Phi) is 6.36. The van der Waals surface area contributed by atoms with E-state index in [2.05, 4.69) is 29.5 Å². The topological polar surface area (TPSA) is 108 Å². The van der Waals surface area contributed by atoms with Crippen LogP contribution in [0.1, 0.15) is 60.0 Å². The van der Waals surface area contributed by atoms with Crippen LogP contribution in [-0.2, 0) is 16.4 Å². The average molecular weight is 418 g/mol. The van der Waals surface area contributed by atoms with Crippen LogP contribution in [0.4, 0.5) is 0 Å². The summed E-state index contributed by atoms with van der Waals surface area (Å²) in [7, 11) is -3.29. The number of rotatable bonds is 7. The standard InChI is InChI=1S/C21H27N3O4S/c1-4-29(27,28)17-7-5-14(6-8-17)18(12-25)24-21(26)16-9-15-10-22-19(13(2)3)20(15)23-11-16/h5-9,11,13,18-19,22,25H,4,10,12H2,1-3H3,(H,24,26)/t18-,19-/m0/s1. The minimum Gasteiger partial charge on any atom is -0.394 e. The minimum absolute atomic E-state index is 0.0182. The van der Waals surface area contributed by atoms with Gasteiger partial charge in [0.25, 0.3) is 5.91 Å². The highest BCUT2D eigenvalue weighted by molar-refractivity contribution is 7.91. The van der Waals surface area contributed by atoms with E-state index >= 15 is 0 Å². The number of nitrogens with zero attached hydrogens (tertiary/aromatic N) is 1. The lowest BCUT2D eigenvalue weighted by Crippen LogP contribution is -2.31. The Bertz CT molecular complexity index is 987. The van der Waals surface area contributed by atoms with Crippen LogP contribution in [0.15, 0.2) is 41.4 Å². The molecular formula is C21H27N3O4S. The van der Waals surface area contributed by atoms with Crippen molar-refractivity contribution in [1.29, 1.82) is 0 Å². The van der Waals surface area contributed by atoms with E-state index in [4.69, 9.17) is 0 Å². The van der Waals surface area contributed by atoms with Crippen molar-refractivity contribution in [2.45, 2.75) is 44.3 Å². The number of aromatic nitrogens is 1. The number of hydrogen-bond acceptors (Lipinski definition) is 6. The predicted molar refractivity (Wildman–Crippen MR) is 110 cm³/mol. The molecule has 1 aromatic heterocycles. The van der Waals surface area contributed by atoms with Gasteiger partial charge in [-0.15, -0.1) is 0 Å². The Morgan fingerprint density at radius 1 is 1.31 bits per heavy atom. The fraction of sp³-hybridized carbons (Fsp3) is 0.429. The van der Waals surface area contributed by atoms with Crippen LogP contribution in [0.3, 0.4) is 0 Å². The number of benzene rings is 1. The Labute approximate surface area is 171 Å². The van der Waals surface area contributed by atoms with Crippen molar-refractivity contribution in [2.24, 2.45) is 5.92 Å². The molecule has 3 N–H and O–H groups in total. The zero-order valence-corrected chi connectivity index (χ0v) is 17.7. The maximum Gasteiger partial charge on any atom is 0.253 e. The van der Waals surface area contributed by atoms with Crippen LogP contribution in [0.5, 0.6) is 0 Å². The highest BCUT2D eigenvalue weighted by Gasteiger charge is 2.27. The number of hydrogen-bond donors (Lipinski definition) is 3. The van der Waals surface area contributed by atoms with Gasteiger partial charge in [0.1, 0.15) is 0 Å². The van der Waals surface area contributed by atoms with Crippen molar-refractivity contribution in [1.82, 2.24) is 15.6 Å². The molecule has 3 rings (SSSR count). The molecule has 1 amide bonds. The van der Waals surface area contributed by atoms with Gasteiger partial charge in [-0.25, -0.2) is 8.42 Å². The van der Waals surface area contributed by atoms with E-state index in [1.807, 2.05) is 6.07 Å². The second-order valence-corrected chi connectivity index (χ2v) is 9.83. The maximum absolute atomic E-state index is 12.7. The zero-order chi connectivity index (χ0) is 21.2. The van der Waals surface area contributed by atoms with Gasteiger partial charge in [0.15, 0.2) is 9.84 Å². The van der Waals surface area contributed by atoms with Gasteiger partial charge in [0.2, 0.25) is 0 Å². The second kappa shape index (κ2) is 8.61. The second-order valence-electron chi connectivity index (χ2n) is 7.55. The van der Waals surface area contributed by atoms with E-state index < -0.39 is 15.9 Å². The molecule has 0 unspecified atom stereocenters. The summed E-state index contributed by atoms with van der Waals surface area (Å²) in [6, 6.07) is 7.60. The Morgan fingerprint density at radius 2 is 2.00 bits per heavy atom. The number of aliphatic hydroxyl groups excluding tert-OH is 1. The van der Waals surface area contributed by atoms with Crippen molar-refractivity contribution in [3.05, 3.63) is 58.9 Å². The molecule has 0 saturated carbocycles. The van der Waals surface area contributed by atoms with Gasteiger partial charge in [-0.2, -0.15) is 0 Å². The molecule has 0 saturated heterocycles. The molecule has 1 aliphatic rings. The Balaban J connectivity index is 1.75. The third-order valence-electron chi connectivity index (χ3n) is 5.25. The van der Waals surface area contributed by atoms with E-state index in [0.29, 0.717) is 23.6 Å². The van der Waals surface area contributed by atoms with E-state index in [1.54, 1.807) is 25.3 Å². The van der Waals surface area contributed by atoms with E-state index in [9.17, 15) is 18.3 Å². The molecule has 0 spiro atoms. The van der Waals surface area contributed by atoms with Crippen molar-refractivity contribution in [3.63, 3.8) is 0 Å². The molecule has 0 bridgehead atoms. The first-order chi connectivity index (χ1) is 13.8. The highest BCUT2D eigenvalue weighted by atomic mass is 32.2. The molecule has 156 valence electrons. The predicted octanol–water partition coefficient (Wildman–Crippen LogP) is 2.14. The van der Waals surface area contributed by atoms with Crippen LogP contribution in [0.25, 0.3) is 0 Å². The number of carbonyl (C=O) groups excluding carboxylic acids is 1. The number of sulfone groups is 1. The van der Waals surface area contributed by atoms with E-state index in [0.717, 1.165) is 11.3 Å². The summed E-state index contributed by atoms with van der Waals surface area (Å²) in [4.78, 5) is 17.4. The molecular weight excluding hydrogens is 390 g/mol. The normalized spacial score (nSPS) is 17.2. The fourth-order valence-corrected chi connectivity index (χ4v) is 4.37. The number of amides is 1. The van der Waals surface area contributed by atoms with Gasteiger partial charge in [-0.05, 0) is 35.2 Å². The van der Waals surface area contributed by atoms with E-state index in [1.165, 1.54) is 12.1 Å². The number of nitrogens with one attached hydrogen (secondary N) is 2. The lowest BCUT2D eigenvalue weighted by Gasteiger charge is -2.18. The molecule has 0 aliphatic carbocycles. The monoisotopic (exact) mass is 417 g/mol. The number of carbonyl (C=O) groups is 1. The van der Waals surface area contributed by atoms with Crippen LogP contribution in [-0.4, -0.2) is 36.8 Å². The SMILES string of the molecule is CCS(=O)(=O)c1ccc([C@H](CO)NC(=O)c2cnc3c(c2)CN[C@H]3C(C)C)cc1. The van der Waals surface area contributed by atoms with Gasteiger partial charge in [-0.3, -0.25) is 9.78 Å². The van der Waals surface area contributed by atoms with Crippen LogP contribution >= 0.6 is 0 Å². The fourth-order valence-electron chi connectivity index (χ4n) is 3.48. The molecule has 1 aromatic carbocycles. The average Bonchev–Trinajstić information content (AvgIpc) is 3.15. The van der Waals surface area contributed by atoms with Crippen molar-refractivity contribution >= 4 is 15.7 Å². The lowest BCUT2D eigenvalue weighted by molar-refractivity contribution is 0.0915. The summed E-state index contributed by atoms with van der Waals surface area (Å²) < 4.78 is 23.9. The molecule has 2 atom stereocenters. The van der Waals surface area contributed by atoms with Crippen LogP contribution < -0.4 is 10.6 Å². The lowest BCUT2D eigenvalue weighted by atomic mass is 10.0. The molecule has 0 radical (unpaired) electrons. The Hall–Kier alpha value is -2.29. The summed E-state index contributed by atoms with van der Waals surface area (Å²) in [5, 5.41) is 15.9. The third-order valence-corrected chi connectivity index (χ3v) is 7.00. The molecule has 2 aromatic rings. The summed E-state index contributed by atoms with van der Waals surface area (Å²) in [6.07, 6.45) is 1.56. The van der Waals surface area contributed by atoms with Crippen molar-refractivity contribution in [2.75, 3.05) is 12.4 Å². The minimum atomic E-state index is -3.29. The smallest absolute Gasteiger partial charge is 0.253 e. The largest absolute Gasteiger partial charge is 0.394 e. The van der Waals surface area contributed by atoms with Crippen LogP contribution in [0, 0.1) is 5.92 Å². The van der Waals surface area contributed by atoms with Crippen molar-refractivity contribution in [3.8, 4) is 0 Å². The maximum atomic E-state index is 12.7. The molecule has 2 heterocycles. The summed E-state index contributed by atoms with van der Waals surface area (Å²) >= 11 is 0. The first kappa shape index (κ1) is 21.4. The summed E-state index contributed by atoms with van der Waals surface area (Å²) in [6.45, 7) is 6.20. The van der Waals surface area contributed by atoms with Crippen LogP contribution in [0.2, 0.25) is 0 Å². The molecule has 7 nitrogen and oxygen atoms in total. The zero-order valence-electron chi connectivity index (χ0n) is 16.8. The van der Waals surface area contributed by atoms with E-state index in [-0.39, 0.29) is 29.2 Å².